The molecule has 0 radical (unpaired) electrons. The minimum atomic E-state index is -4.05. The molecule has 0 saturated carbocycles. The van der Waals surface area contributed by atoms with Gasteiger partial charge in [-0.2, -0.15) is 5.10 Å². The van der Waals surface area contributed by atoms with E-state index in [2.05, 4.69) is 10.5 Å². The zero-order valence-corrected chi connectivity index (χ0v) is 20.5. The van der Waals surface area contributed by atoms with Crippen LogP contribution in [-0.4, -0.2) is 38.2 Å². The number of carboxylic acids is 1. The number of nitrogens with zero attached hydrogens (tertiary/aromatic N) is 2. The molecule has 0 aliphatic heterocycles. The van der Waals surface area contributed by atoms with E-state index in [1.807, 2.05) is 32.9 Å². The lowest BCUT2D eigenvalue weighted by Crippen LogP contribution is -2.39. The Morgan fingerprint density at radius 2 is 1.63 bits per heavy atom. The molecule has 35 heavy (non-hydrogen) atoms. The molecule has 0 heterocycles. The summed E-state index contributed by atoms with van der Waals surface area (Å²) in [5.74, 6) is -1.55. The Bertz CT molecular complexity index is 1330. The van der Waals surface area contributed by atoms with Gasteiger partial charge in [-0.1, -0.05) is 61.9 Å². The maximum Gasteiger partial charge on any atom is 0.336 e. The van der Waals surface area contributed by atoms with Gasteiger partial charge in [0, 0.05) is 5.56 Å². The molecule has 0 aromatic heterocycles. The summed E-state index contributed by atoms with van der Waals surface area (Å²) in [5.41, 5.74) is 4.90. The smallest absolute Gasteiger partial charge is 0.336 e. The summed E-state index contributed by atoms with van der Waals surface area (Å²) in [6.07, 6.45) is 1.21. The van der Waals surface area contributed by atoms with Gasteiger partial charge in [-0.05, 0) is 48.7 Å². The molecule has 0 fully saturated rings. The van der Waals surface area contributed by atoms with Crippen molar-refractivity contribution in [2.24, 2.45) is 5.10 Å². The van der Waals surface area contributed by atoms with E-state index in [4.69, 9.17) is 0 Å². The number of carbonyl (C=O) groups excluding carboxylic acids is 1. The van der Waals surface area contributed by atoms with Crippen LogP contribution in [0.25, 0.3) is 0 Å². The molecule has 3 aromatic rings. The average molecular weight is 494 g/mol. The van der Waals surface area contributed by atoms with E-state index in [-0.39, 0.29) is 16.4 Å². The van der Waals surface area contributed by atoms with E-state index >= 15 is 0 Å². The SMILES string of the molecule is Cc1ccc(S(=O)(=O)N(CC(=O)N/N=C\c2ccccc2C(=O)O)c2ccc(C(C)C)cc2)cc1. The molecule has 1 amide bonds. The molecule has 0 unspecified atom stereocenters. The van der Waals surface area contributed by atoms with Crippen molar-refractivity contribution in [1.82, 2.24) is 5.43 Å². The van der Waals surface area contributed by atoms with E-state index < -0.39 is 28.4 Å². The van der Waals surface area contributed by atoms with Gasteiger partial charge in [-0.25, -0.2) is 18.6 Å². The van der Waals surface area contributed by atoms with Crippen molar-refractivity contribution in [1.29, 1.82) is 0 Å². The first kappa shape index (κ1) is 25.6. The molecular weight excluding hydrogens is 466 g/mol. The highest BCUT2D eigenvalue weighted by atomic mass is 32.2. The summed E-state index contributed by atoms with van der Waals surface area (Å²) < 4.78 is 27.9. The summed E-state index contributed by atoms with van der Waals surface area (Å²) in [5, 5.41) is 13.1. The maximum atomic E-state index is 13.5. The second-order valence-corrected chi connectivity index (χ2v) is 10.1. The van der Waals surface area contributed by atoms with Crippen LogP contribution in [-0.2, 0) is 14.8 Å². The Morgan fingerprint density at radius 1 is 1.00 bits per heavy atom. The van der Waals surface area contributed by atoms with Gasteiger partial charge in [0.1, 0.15) is 6.54 Å². The largest absolute Gasteiger partial charge is 0.478 e. The summed E-state index contributed by atoms with van der Waals surface area (Å²) in [4.78, 5) is 24.1. The molecule has 9 heteroatoms. The van der Waals surface area contributed by atoms with E-state index in [0.29, 0.717) is 11.3 Å². The lowest BCUT2D eigenvalue weighted by Gasteiger charge is -2.24. The fourth-order valence-electron chi connectivity index (χ4n) is 3.32. The number of hydrazone groups is 1. The Balaban J connectivity index is 1.87. The van der Waals surface area contributed by atoms with Gasteiger partial charge in [0.05, 0.1) is 22.4 Å². The number of benzene rings is 3. The van der Waals surface area contributed by atoms with Crippen LogP contribution < -0.4 is 9.73 Å². The standard InChI is InChI=1S/C26H27N3O5S/c1-18(2)20-10-12-22(13-11-20)29(35(33,34)23-14-8-19(3)9-15-23)17-25(30)28-27-16-21-6-4-5-7-24(21)26(31)32/h4-16,18H,17H2,1-3H3,(H,28,30)(H,31,32)/b27-16-. The number of nitrogens with one attached hydrogen (secondary N) is 1. The van der Waals surface area contributed by atoms with Gasteiger partial charge in [-0.3, -0.25) is 9.10 Å². The number of anilines is 1. The number of aromatic carboxylic acids is 1. The number of carbonyl (C=O) groups is 2. The number of carboxylic acid groups (broad SMARTS) is 1. The first-order valence-electron chi connectivity index (χ1n) is 10.9. The van der Waals surface area contributed by atoms with Gasteiger partial charge in [0.2, 0.25) is 0 Å². The van der Waals surface area contributed by atoms with Crippen LogP contribution in [0, 0.1) is 6.92 Å². The number of hydrogen-bond acceptors (Lipinski definition) is 5. The topological polar surface area (TPSA) is 116 Å². The lowest BCUT2D eigenvalue weighted by molar-refractivity contribution is -0.119. The van der Waals surface area contributed by atoms with Crippen LogP contribution in [0.15, 0.2) is 82.8 Å². The van der Waals surface area contributed by atoms with Crippen LogP contribution in [0.1, 0.15) is 46.8 Å². The predicted octanol–water partition coefficient (Wildman–Crippen LogP) is 4.16. The number of hydrogen-bond donors (Lipinski definition) is 2. The third-order valence-electron chi connectivity index (χ3n) is 5.33. The Morgan fingerprint density at radius 3 is 2.23 bits per heavy atom. The van der Waals surface area contributed by atoms with Crippen LogP contribution in [0.3, 0.4) is 0 Å². The molecule has 0 bridgehead atoms. The summed E-state index contributed by atoms with van der Waals surface area (Å²) in [7, 11) is -4.05. The molecule has 0 spiro atoms. The molecular formula is C26H27N3O5S. The fraction of sp³-hybridized carbons (Fsp3) is 0.192. The molecule has 8 nitrogen and oxygen atoms in total. The second-order valence-electron chi connectivity index (χ2n) is 8.26. The first-order chi connectivity index (χ1) is 16.6. The van der Waals surface area contributed by atoms with Gasteiger partial charge in [-0.15, -0.1) is 0 Å². The molecule has 0 saturated heterocycles. The van der Waals surface area contributed by atoms with E-state index in [0.717, 1.165) is 15.4 Å². The number of aryl methyl sites for hydroxylation is 1. The maximum absolute atomic E-state index is 13.5. The lowest BCUT2D eigenvalue weighted by atomic mass is 10.0. The summed E-state index contributed by atoms with van der Waals surface area (Å²) in [6, 6.07) is 19.6. The predicted molar refractivity (Wildman–Crippen MR) is 135 cm³/mol. The van der Waals surface area contributed by atoms with Crippen molar-refractivity contribution in [3.8, 4) is 0 Å². The van der Waals surface area contributed by atoms with Crippen molar-refractivity contribution in [3.63, 3.8) is 0 Å². The monoisotopic (exact) mass is 493 g/mol. The van der Waals surface area contributed by atoms with Crippen molar-refractivity contribution >= 4 is 33.8 Å². The van der Waals surface area contributed by atoms with Gasteiger partial charge < -0.3 is 5.11 Å². The second kappa shape index (κ2) is 11.0. The van der Waals surface area contributed by atoms with Gasteiger partial charge in [0.15, 0.2) is 0 Å². The van der Waals surface area contributed by atoms with E-state index in [1.165, 1.54) is 24.4 Å². The minimum absolute atomic E-state index is 0.0271. The van der Waals surface area contributed by atoms with Crippen molar-refractivity contribution in [2.45, 2.75) is 31.6 Å². The first-order valence-corrected chi connectivity index (χ1v) is 12.4. The molecule has 0 atom stereocenters. The Labute approximate surface area is 205 Å². The highest BCUT2D eigenvalue weighted by Gasteiger charge is 2.27. The zero-order chi connectivity index (χ0) is 25.6. The number of sulfonamides is 1. The van der Waals surface area contributed by atoms with Crippen LogP contribution in [0.4, 0.5) is 5.69 Å². The number of rotatable bonds is 9. The Hall–Kier alpha value is -3.98. The number of amides is 1. The van der Waals surface area contributed by atoms with Gasteiger partial charge in [0.25, 0.3) is 15.9 Å². The Kier molecular flexibility index (Phi) is 8.03. The van der Waals surface area contributed by atoms with Crippen molar-refractivity contribution in [3.05, 3.63) is 95.1 Å². The van der Waals surface area contributed by atoms with Crippen LogP contribution in [0.5, 0.6) is 0 Å². The molecule has 2 N–H and O–H groups in total. The highest BCUT2D eigenvalue weighted by Crippen LogP contribution is 2.26. The van der Waals surface area contributed by atoms with Crippen molar-refractivity contribution in [2.75, 3.05) is 10.8 Å². The molecule has 3 aromatic carbocycles. The fourth-order valence-corrected chi connectivity index (χ4v) is 4.74. The molecule has 0 aliphatic carbocycles. The highest BCUT2D eigenvalue weighted by molar-refractivity contribution is 7.92. The van der Waals surface area contributed by atoms with Gasteiger partial charge >= 0.3 is 5.97 Å². The molecule has 3 rings (SSSR count). The molecule has 0 aliphatic rings. The quantitative estimate of drug-likeness (QED) is 0.343. The van der Waals surface area contributed by atoms with Crippen LogP contribution >= 0.6 is 0 Å². The summed E-state index contributed by atoms with van der Waals surface area (Å²) in [6.45, 7) is 5.40. The van der Waals surface area contributed by atoms with Crippen LogP contribution in [0.2, 0.25) is 0 Å². The normalized spacial score (nSPS) is 11.5. The van der Waals surface area contributed by atoms with Crippen molar-refractivity contribution < 1.29 is 23.1 Å². The van der Waals surface area contributed by atoms with E-state index in [9.17, 15) is 23.1 Å². The third-order valence-corrected chi connectivity index (χ3v) is 7.12. The zero-order valence-electron chi connectivity index (χ0n) is 19.7. The third kappa shape index (κ3) is 6.33. The minimum Gasteiger partial charge on any atom is -0.478 e. The van der Waals surface area contributed by atoms with E-state index in [1.54, 1.807) is 42.5 Å². The summed E-state index contributed by atoms with van der Waals surface area (Å²) >= 11 is 0. The average Bonchev–Trinajstić information content (AvgIpc) is 2.83. The molecule has 182 valence electrons.